The molecular formula is C27H30N2O3. The number of carbonyl (C=O) groups excluding carboxylic acids is 1. The van der Waals surface area contributed by atoms with E-state index in [1.54, 1.807) is 12.1 Å². The van der Waals surface area contributed by atoms with Gasteiger partial charge in [0.15, 0.2) is 6.29 Å². The molecule has 0 atom stereocenters. The average molecular weight is 431 g/mol. The van der Waals surface area contributed by atoms with Crippen LogP contribution in [0.15, 0.2) is 83.9 Å². The first kappa shape index (κ1) is 23.4. The number of hydrogen-bond donors (Lipinski definition) is 0. The Labute approximate surface area is 190 Å². The molecule has 166 valence electrons. The summed E-state index contributed by atoms with van der Waals surface area (Å²) in [6.07, 6.45) is -0.412. The highest BCUT2D eigenvalue weighted by atomic mass is 16.7. The largest absolute Gasteiger partial charge is 0.378 e. The van der Waals surface area contributed by atoms with Crippen LogP contribution in [-0.2, 0) is 9.47 Å². The van der Waals surface area contributed by atoms with Crippen LogP contribution < -0.4 is 4.90 Å². The Morgan fingerprint density at radius 2 is 1.31 bits per heavy atom. The van der Waals surface area contributed by atoms with Gasteiger partial charge in [0.2, 0.25) is 0 Å². The van der Waals surface area contributed by atoms with Crippen molar-refractivity contribution in [1.82, 2.24) is 0 Å². The maximum Gasteiger partial charge on any atom is 0.277 e. The van der Waals surface area contributed by atoms with Crippen molar-refractivity contribution < 1.29 is 14.3 Å². The molecule has 0 aliphatic rings. The molecule has 0 saturated carbocycles. The standard InChI is InChI=1S/C27H30N2O3/c1-5-31-27(32-6-2)23-14-12-20(13-15-23)25(21-16-18-24(19-17-21)29(3)4)28-26(30)22-10-8-7-9-11-22/h7-19,27H,5-6H2,1-4H3/b28-25-. The third-order valence-electron chi connectivity index (χ3n) is 4.98. The first-order valence-corrected chi connectivity index (χ1v) is 10.8. The minimum Gasteiger partial charge on any atom is -0.378 e. The Kier molecular flexibility index (Phi) is 8.31. The lowest BCUT2D eigenvalue weighted by Gasteiger charge is -2.18. The zero-order chi connectivity index (χ0) is 22.9. The summed E-state index contributed by atoms with van der Waals surface area (Å²) in [7, 11) is 3.99. The van der Waals surface area contributed by atoms with Crippen LogP contribution in [0.25, 0.3) is 0 Å². The maximum absolute atomic E-state index is 12.9. The van der Waals surface area contributed by atoms with Gasteiger partial charge in [-0.3, -0.25) is 4.79 Å². The van der Waals surface area contributed by atoms with Crippen LogP contribution in [0.5, 0.6) is 0 Å². The summed E-state index contributed by atoms with van der Waals surface area (Å²) in [5.74, 6) is -0.275. The van der Waals surface area contributed by atoms with E-state index in [1.807, 2.05) is 99.6 Å². The first-order valence-electron chi connectivity index (χ1n) is 10.8. The molecule has 5 nitrogen and oxygen atoms in total. The molecule has 0 unspecified atom stereocenters. The monoisotopic (exact) mass is 430 g/mol. The summed E-state index contributed by atoms with van der Waals surface area (Å²) in [5, 5.41) is 0. The lowest BCUT2D eigenvalue weighted by atomic mass is 10.00. The smallest absolute Gasteiger partial charge is 0.277 e. The van der Waals surface area contributed by atoms with Crippen molar-refractivity contribution in [2.45, 2.75) is 20.1 Å². The van der Waals surface area contributed by atoms with Crippen molar-refractivity contribution in [2.24, 2.45) is 4.99 Å². The van der Waals surface area contributed by atoms with Crippen LogP contribution in [0.2, 0.25) is 0 Å². The third-order valence-corrected chi connectivity index (χ3v) is 4.98. The quantitative estimate of drug-likeness (QED) is 0.332. The van der Waals surface area contributed by atoms with Crippen LogP contribution in [-0.4, -0.2) is 38.9 Å². The van der Waals surface area contributed by atoms with Gasteiger partial charge in [-0.25, -0.2) is 4.99 Å². The molecule has 0 aliphatic carbocycles. The number of benzene rings is 3. The van der Waals surface area contributed by atoms with Crippen molar-refractivity contribution in [2.75, 3.05) is 32.2 Å². The van der Waals surface area contributed by atoms with Crippen LogP contribution in [0.4, 0.5) is 5.69 Å². The topological polar surface area (TPSA) is 51.1 Å². The zero-order valence-corrected chi connectivity index (χ0v) is 19.1. The number of carbonyl (C=O) groups is 1. The number of amides is 1. The fraction of sp³-hybridized carbons (Fsp3) is 0.259. The molecule has 1 amide bonds. The summed E-state index contributed by atoms with van der Waals surface area (Å²) in [6.45, 7) is 5.00. The van der Waals surface area contributed by atoms with Gasteiger partial charge in [-0.1, -0.05) is 54.6 Å². The average Bonchev–Trinajstić information content (AvgIpc) is 2.83. The van der Waals surface area contributed by atoms with E-state index < -0.39 is 6.29 Å². The molecule has 0 N–H and O–H groups in total. The minimum atomic E-state index is -0.412. The van der Waals surface area contributed by atoms with E-state index in [1.165, 1.54) is 0 Å². The number of ether oxygens (including phenoxy) is 2. The molecule has 0 aliphatic heterocycles. The molecule has 0 aromatic heterocycles. The van der Waals surface area contributed by atoms with Gasteiger partial charge < -0.3 is 14.4 Å². The van der Waals surface area contributed by atoms with E-state index in [9.17, 15) is 4.79 Å². The molecule has 0 fully saturated rings. The van der Waals surface area contributed by atoms with Crippen LogP contribution >= 0.6 is 0 Å². The van der Waals surface area contributed by atoms with Gasteiger partial charge >= 0.3 is 0 Å². The lowest BCUT2D eigenvalue weighted by Crippen LogP contribution is -2.12. The van der Waals surface area contributed by atoms with Crippen molar-refractivity contribution in [3.05, 3.63) is 101 Å². The second kappa shape index (κ2) is 11.4. The fourth-order valence-corrected chi connectivity index (χ4v) is 3.30. The summed E-state index contributed by atoms with van der Waals surface area (Å²) in [6, 6.07) is 25.0. The highest BCUT2D eigenvalue weighted by Gasteiger charge is 2.15. The minimum absolute atomic E-state index is 0.275. The second-order valence-corrected chi connectivity index (χ2v) is 7.44. The van der Waals surface area contributed by atoms with E-state index in [4.69, 9.17) is 9.47 Å². The SMILES string of the molecule is CCOC(OCC)c1ccc(/C(=N/C(=O)c2ccccc2)c2ccc(N(C)C)cc2)cc1. The van der Waals surface area contributed by atoms with E-state index in [0.29, 0.717) is 24.5 Å². The number of hydrogen-bond acceptors (Lipinski definition) is 4. The third kappa shape index (κ3) is 5.90. The van der Waals surface area contributed by atoms with Crippen molar-refractivity contribution in [3.63, 3.8) is 0 Å². The molecule has 3 rings (SSSR count). The van der Waals surface area contributed by atoms with Crippen LogP contribution in [0.1, 0.15) is 47.2 Å². The Balaban J connectivity index is 2.00. The summed E-state index contributed by atoms with van der Waals surface area (Å²) in [4.78, 5) is 19.4. The van der Waals surface area contributed by atoms with Gasteiger partial charge in [-0.05, 0) is 38.1 Å². The van der Waals surface area contributed by atoms with E-state index in [-0.39, 0.29) is 5.91 Å². The molecule has 0 heterocycles. The molecule has 32 heavy (non-hydrogen) atoms. The van der Waals surface area contributed by atoms with Crippen molar-refractivity contribution in [3.8, 4) is 0 Å². The Morgan fingerprint density at radius 1 is 0.781 bits per heavy atom. The lowest BCUT2D eigenvalue weighted by molar-refractivity contribution is -0.140. The molecule has 0 saturated heterocycles. The predicted octanol–water partition coefficient (Wildman–Crippen LogP) is 5.50. The second-order valence-electron chi connectivity index (χ2n) is 7.44. The summed E-state index contributed by atoms with van der Waals surface area (Å²) in [5.41, 5.74) is 4.91. The fourth-order valence-electron chi connectivity index (χ4n) is 3.30. The van der Waals surface area contributed by atoms with Gasteiger partial charge in [0.25, 0.3) is 5.91 Å². The number of rotatable bonds is 9. The van der Waals surface area contributed by atoms with Crippen molar-refractivity contribution >= 4 is 17.3 Å². The summed E-state index contributed by atoms with van der Waals surface area (Å²) < 4.78 is 11.4. The normalized spacial score (nSPS) is 11.6. The van der Waals surface area contributed by atoms with Gasteiger partial charge in [-0.15, -0.1) is 0 Å². The van der Waals surface area contributed by atoms with E-state index in [2.05, 4.69) is 4.99 Å². The maximum atomic E-state index is 12.9. The van der Waals surface area contributed by atoms with Gasteiger partial charge in [0.1, 0.15) is 0 Å². The van der Waals surface area contributed by atoms with Gasteiger partial charge in [0, 0.05) is 55.3 Å². The molecule has 3 aromatic rings. The highest BCUT2D eigenvalue weighted by molar-refractivity contribution is 6.18. The van der Waals surface area contributed by atoms with Gasteiger partial charge in [0.05, 0.1) is 5.71 Å². The van der Waals surface area contributed by atoms with Crippen molar-refractivity contribution in [1.29, 1.82) is 0 Å². The van der Waals surface area contributed by atoms with E-state index >= 15 is 0 Å². The Hall–Kier alpha value is -3.28. The molecule has 0 radical (unpaired) electrons. The van der Waals surface area contributed by atoms with Gasteiger partial charge in [-0.2, -0.15) is 0 Å². The summed E-state index contributed by atoms with van der Waals surface area (Å²) >= 11 is 0. The Bertz CT molecular complexity index is 1020. The first-order chi connectivity index (χ1) is 15.5. The molecule has 5 heteroatoms. The zero-order valence-electron chi connectivity index (χ0n) is 19.1. The number of nitrogens with zero attached hydrogens (tertiary/aromatic N) is 2. The van der Waals surface area contributed by atoms with Crippen LogP contribution in [0, 0.1) is 0 Å². The van der Waals surface area contributed by atoms with E-state index in [0.717, 1.165) is 22.4 Å². The number of aliphatic imine (C=N–C) groups is 1. The number of anilines is 1. The predicted molar refractivity (Wildman–Crippen MR) is 130 cm³/mol. The van der Waals surface area contributed by atoms with Crippen LogP contribution in [0.3, 0.4) is 0 Å². The molecule has 0 spiro atoms. The Morgan fingerprint density at radius 3 is 1.81 bits per heavy atom. The molecule has 3 aromatic carbocycles. The molecular weight excluding hydrogens is 400 g/mol. The highest BCUT2D eigenvalue weighted by Crippen LogP contribution is 2.22. The molecule has 0 bridgehead atoms.